The summed E-state index contributed by atoms with van der Waals surface area (Å²) in [6, 6.07) is 0.0192. The Labute approximate surface area is 181 Å². The highest BCUT2D eigenvalue weighted by atomic mass is 16.2. The predicted molar refractivity (Wildman–Crippen MR) is 120 cm³/mol. The Balaban J connectivity index is 1.62. The third kappa shape index (κ3) is 5.46. The average Bonchev–Trinajstić information content (AvgIpc) is 2.96. The number of nitrogens with zero attached hydrogens (tertiary/aromatic N) is 3. The fourth-order valence-electron chi connectivity index (χ4n) is 5.55. The van der Waals surface area contributed by atoms with E-state index >= 15 is 0 Å². The van der Waals surface area contributed by atoms with Crippen LogP contribution in [-0.4, -0.2) is 59.9 Å². The van der Waals surface area contributed by atoms with Crippen LogP contribution in [0.4, 0.5) is 4.79 Å². The summed E-state index contributed by atoms with van der Waals surface area (Å²) in [4.78, 5) is 33.8. The van der Waals surface area contributed by atoms with Crippen molar-refractivity contribution in [3.8, 4) is 0 Å². The van der Waals surface area contributed by atoms with Crippen LogP contribution in [0.5, 0.6) is 0 Å². The van der Waals surface area contributed by atoms with E-state index in [0.29, 0.717) is 25.5 Å². The number of carbonyl (C=O) groups excluding carboxylic acids is 2. The minimum absolute atomic E-state index is 0.0192. The maximum atomic E-state index is 13.2. The van der Waals surface area contributed by atoms with Crippen LogP contribution in [0.1, 0.15) is 84.0 Å². The van der Waals surface area contributed by atoms with Crippen LogP contribution in [0.3, 0.4) is 0 Å². The van der Waals surface area contributed by atoms with Crippen molar-refractivity contribution < 1.29 is 9.59 Å². The van der Waals surface area contributed by atoms with Crippen molar-refractivity contribution in [2.24, 2.45) is 22.6 Å². The summed E-state index contributed by atoms with van der Waals surface area (Å²) in [7, 11) is 1.73. The smallest absolute Gasteiger partial charge is 0.317 e. The fourth-order valence-corrected chi connectivity index (χ4v) is 5.55. The normalized spacial score (nSPS) is 28.0. The van der Waals surface area contributed by atoms with Crippen LogP contribution in [0.25, 0.3) is 0 Å². The highest BCUT2D eigenvalue weighted by molar-refractivity contribution is 6.06. The van der Waals surface area contributed by atoms with E-state index in [1.54, 1.807) is 7.05 Å². The van der Waals surface area contributed by atoms with Crippen LogP contribution in [0.15, 0.2) is 4.99 Å². The summed E-state index contributed by atoms with van der Waals surface area (Å²) in [6.45, 7) is 4.25. The van der Waals surface area contributed by atoms with Gasteiger partial charge in [-0.1, -0.05) is 51.9 Å². The summed E-state index contributed by atoms with van der Waals surface area (Å²) in [5.74, 6) is 1.47. The molecule has 3 N–H and O–H groups in total. The van der Waals surface area contributed by atoms with Gasteiger partial charge in [-0.15, -0.1) is 0 Å². The van der Waals surface area contributed by atoms with E-state index in [-0.39, 0.29) is 17.9 Å². The molecule has 2 fully saturated rings. The molecular weight excluding hydrogens is 378 g/mol. The van der Waals surface area contributed by atoms with Gasteiger partial charge in [0.25, 0.3) is 5.91 Å². The van der Waals surface area contributed by atoms with Gasteiger partial charge in [0, 0.05) is 26.7 Å². The van der Waals surface area contributed by atoms with Crippen LogP contribution >= 0.6 is 0 Å². The lowest BCUT2D eigenvalue weighted by molar-refractivity contribution is -0.131. The maximum Gasteiger partial charge on any atom is 0.317 e. The second-order valence-electron chi connectivity index (χ2n) is 9.65. The Kier molecular flexibility index (Phi) is 8.00. The molecule has 30 heavy (non-hydrogen) atoms. The van der Waals surface area contributed by atoms with Gasteiger partial charge < -0.3 is 16.0 Å². The molecule has 1 unspecified atom stereocenters. The lowest BCUT2D eigenvalue weighted by atomic mass is 9.78. The SMILES string of the molecule is CCCNC(=O)N1CCCC(C[C@@]2(CCCC3CCCCC3)N=C(N)N(C)C2=O)C1. The summed E-state index contributed by atoms with van der Waals surface area (Å²) < 4.78 is 0. The number of nitrogens with one attached hydrogen (secondary N) is 1. The number of piperidine rings is 1. The molecule has 3 aliphatic rings. The van der Waals surface area contributed by atoms with Gasteiger partial charge in [0.05, 0.1) is 0 Å². The van der Waals surface area contributed by atoms with E-state index in [4.69, 9.17) is 10.7 Å². The summed E-state index contributed by atoms with van der Waals surface area (Å²) in [6.07, 6.45) is 13.3. The van der Waals surface area contributed by atoms with Crippen LogP contribution in [-0.2, 0) is 4.79 Å². The molecule has 7 heteroatoms. The Morgan fingerprint density at radius 2 is 1.93 bits per heavy atom. The summed E-state index contributed by atoms with van der Waals surface area (Å²) in [5.41, 5.74) is 5.34. The van der Waals surface area contributed by atoms with E-state index in [2.05, 4.69) is 12.2 Å². The van der Waals surface area contributed by atoms with E-state index in [1.807, 2.05) is 4.90 Å². The molecule has 0 aromatic rings. The number of hydrogen-bond donors (Lipinski definition) is 2. The largest absolute Gasteiger partial charge is 0.369 e. The molecular formula is C23H41N5O2. The minimum atomic E-state index is -0.735. The first-order valence-corrected chi connectivity index (χ1v) is 12.1. The number of amides is 3. The molecule has 1 saturated heterocycles. The lowest BCUT2D eigenvalue weighted by Gasteiger charge is -2.36. The molecule has 0 bridgehead atoms. The fraction of sp³-hybridized carbons (Fsp3) is 0.870. The number of aliphatic imine (C=N–C) groups is 1. The number of urea groups is 1. The topological polar surface area (TPSA) is 91.0 Å². The molecule has 0 aromatic carbocycles. The number of likely N-dealkylation sites (N-methyl/N-ethyl adjacent to an activating group) is 1. The average molecular weight is 420 g/mol. The quantitative estimate of drug-likeness (QED) is 0.631. The number of guanidine groups is 1. The van der Waals surface area contributed by atoms with E-state index in [0.717, 1.165) is 44.6 Å². The molecule has 0 spiro atoms. The molecule has 0 radical (unpaired) electrons. The number of carbonyl (C=O) groups is 2. The van der Waals surface area contributed by atoms with Crippen molar-refractivity contribution in [1.82, 2.24) is 15.1 Å². The second kappa shape index (κ2) is 10.5. The Morgan fingerprint density at radius 1 is 1.20 bits per heavy atom. The molecule has 0 aromatic heterocycles. The zero-order valence-electron chi connectivity index (χ0n) is 19.0. The molecule has 3 rings (SSSR count). The lowest BCUT2D eigenvalue weighted by Crippen LogP contribution is -2.49. The van der Waals surface area contributed by atoms with Gasteiger partial charge in [0.1, 0.15) is 5.54 Å². The zero-order valence-corrected chi connectivity index (χ0v) is 19.0. The third-order valence-corrected chi connectivity index (χ3v) is 7.26. The van der Waals surface area contributed by atoms with Crippen LogP contribution < -0.4 is 11.1 Å². The van der Waals surface area contributed by atoms with Crippen molar-refractivity contribution in [1.29, 1.82) is 0 Å². The minimum Gasteiger partial charge on any atom is -0.369 e. The standard InChI is InChI=1S/C23H41N5O2/c1-3-14-25-22(30)28-15-8-12-19(17-28)16-23(20(29)27(2)21(24)26-23)13-7-11-18-9-5-4-6-10-18/h18-19H,3-17H2,1-2H3,(H2,24,26)(H,25,30)/t19?,23-/m1/s1. The van der Waals surface area contributed by atoms with Crippen LogP contribution in [0, 0.1) is 11.8 Å². The zero-order chi connectivity index (χ0) is 21.6. The second-order valence-corrected chi connectivity index (χ2v) is 9.65. The molecule has 2 aliphatic heterocycles. The van der Waals surface area contributed by atoms with Crippen molar-refractivity contribution in [2.75, 3.05) is 26.7 Å². The van der Waals surface area contributed by atoms with E-state index in [1.165, 1.54) is 43.4 Å². The summed E-state index contributed by atoms with van der Waals surface area (Å²) in [5, 5.41) is 2.98. The molecule has 1 saturated carbocycles. The summed E-state index contributed by atoms with van der Waals surface area (Å²) >= 11 is 0. The molecule has 7 nitrogen and oxygen atoms in total. The first kappa shape index (κ1) is 22.9. The Morgan fingerprint density at radius 3 is 2.60 bits per heavy atom. The van der Waals surface area contributed by atoms with Gasteiger partial charge in [0.2, 0.25) is 0 Å². The third-order valence-electron chi connectivity index (χ3n) is 7.26. The van der Waals surface area contributed by atoms with Crippen molar-refractivity contribution >= 4 is 17.9 Å². The highest BCUT2D eigenvalue weighted by Crippen LogP contribution is 2.37. The number of likely N-dealkylation sites (tertiary alicyclic amines) is 1. The van der Waals surface area contributed by atoms with E-state index < -0.39 is 5.54 Å². The van der Waals surface area contributed by atoms with Gasteiger partial charge in [0.15, 0.2) is 5.96 Å². The predicted octanol–water partition coefficient (Wildman–Crippen LogP) is 3.48. The number of nitrogens with two attached hydrogens (primary N) is 1. The highest BCUT2D eigenvalue weighted by Gasteiger charge is 2.47. The van der Waals surface area contributed by atoms with Crippen molar-refractivity contribution in [3.05, 3.63) is 0 Å². The number of hydrogen-bond acceptors (Lipinski definition) is 4. The van der Waals surface area contributed by atoms with Gasteiger partial charge in [-0.3, -0.25) is 9.69 Å². The van der Waals surface area contributed by atoms with Crippen molar-refractivity contribution in [3.63, 3.8) is 0 Å². The monoisotopic (exact) mass is 419 g/mol. The maximum absolute atomic E-state index is 13.2. The molecule has 2 heterocycles. The Hall–Kier alpha value is -1.79. The molecule has 2 atom stereocenters. The van der Waals surface area contributed by atoms with Gasteiger partial charge in [-0.2, -0.15) is 0 Å². The van der Waals surface area contributed by atoms with Crippen molar-refractivity contribution in [2.45, 2.75) is 89.5 Å². The Bertz CT molecular complexity index is 631. The first-order valence-electron chi connectivity index (χ1n) is 12.1. The molecule has 3 amide bonds. The van der Waals surface area contributed by atoms with Gasteiger partial charge in [-0.25, -0.2) is 9.79 Å². The van der Waals surface area contributed by atoms with Gasteiger partial charge in [-0.05, 0) is 43.9 Å². The molecule has 1 aliphatic carbocycles. The molecule has 170 valence electrons. The van der Waals surface area contributed by atoms with Gasteiger partial charge >= 0.3 is 6.03 Å². The first-order chi connectivity index (χ1) is 14.4. The van der Waals surface area contributed by atoms with E-state index in [9.17, 15) is 9.59 Å². The van der Waals surface area contributed by atoms with Crippen LogP contribution in [0.2, 0.25) is 0 Å². The number of rotatable bonds is 8.